The van der Waals surface area contributed by atoms with Gasteiger partial charge in [0.05, 0.1) is 130 Å². The molecular weight excluding hydrogens is 1320 g/mol. The number of aliphatic imine (C=N–C) groups is 2. The second kappa shape index (κ2) is 43.5. The highest BCUT2D eigenvalue weighted by atomic mass is 16.6. The average Bonchev–Trinajstić information content (AvgIpc) is 1.66. The molecule has 2 aliphatic heterocycles. The summed E-state index contributed by atoms with van der Waals surface area (Å²) in [6.45, 7) is 12.0. The first-order valence-corrected chi connectivity index (χ1v) is 31.1. The van der Waals surface area contributed by atoms with E-state index >= 15 is 0 Å². The van der Waals surface area contributed by atoms with E-state index in [1.165, 1.54) is 46.0 Å². The smallest absolute Gasteiger partial charge is 0.356 e. The van der Waals surface area contributed by atoms with Crippen LogP contribution in [0.15, 0.2) is 107 Å². The van der Waals surface area contributed by atoms with Crippen molar-refractivity contribution in [3.63, 3.8) is 0 Å². The number of phenols is 4. The zero-order chi connectivity index (χ0) is 72.7. The van der Waals surface area contributed by atoms with Gasteiger partial charge in [0.25, 0.3) is 0 Å². The summed E-state index contributed by atoms with van der Waals surface area (Å²) in [5, 5.41) is 90.5. The molecule has 0 bridgehead atoms. The van der Waals surface area contributed by atoms with Crippen LogP contribution in [0.4, 0.5) is 0 Å². The van der Waals surface area contributed by atoms with Crippen LogP contribution in [-0.4, -0.2) is 281 Å². The lowest BCUT2D eigenvalue weighted by Crippen LogP contribution is -2.50. The number of rotatable bonds is 42. The monoisotopic (exact) mass is 1410 g/mol. The molecular formula is C66H88N8O26. The van der Waals surface area contributed by atoms with Crippen LogP contribution in [-0.2, 0) is 57.0 Å². The summed E-state index contributed by atoms with van der Waals surface area (Å²) >= 11 is 0. The van der Waals surface area contributed by atoms with E-state index in [0.29, 0.717) is 165 Å². The SMILES string of the molecule is COCCOCCOCCOc1ccc(-n2ccc(C(=O)O)n2)c(O)c1.COCCOCCOCCOc1cccc(C2=NCC(C)(C(=O)O)N2)c1O.COCCOCCOc1ccc(-n2ccc(C(=O)O)n2)c(O)c1.COCCOCCOc1cccc(C2=NCC(C)(C(=O)O)N2)c1O. The van der Waals surface area contributed by atoms with Gasteiger partial charge in [-0.05, 0) is 74.5 Å². The lowest BCUT2D eigenvalue weighted by molar-refractivity contribution is -0.143. The van der Waals surface area contributed by atoms with E-state index in [-0.39, 0.29) is 72.2 Å². The predicted molar refractivity (Wildman–Crippen MR) is 356 cm³/mol. The molecule has 34 heteroatoms. The summed E-state index contributed by atoms with van der Waals surface area (Å²) in [4.78, 5) is 52.6. The number of nitrogens with zero attached hydrogens (tertiary/aromatic N) is 6. The van der Waals surface area contributed by atoms with E-state index in [9.17, 15) is 49.8 Å². The first-order valence-electron chi connectivity index (χ1n) is 31.1. The third-order valence-corrected chi connectivity index (χ3v) is 13.8. The number of amidine groups is 2. The van der Waals surface area contributed by atoms with Crippen molar-refractivity contribution in [3.05, 3.63) is 120 Å². The zero-order valence-corrected chi connectivity index (χ0v) is 56.4. The summed E-state index contributed by atoms with van der Waals surface area (Å²) in [5.41, 5.74) is -1.05. The molecule has 0 fully saturated rings. The number of hydrogen-bond donors (Lipinski definition) is 10. The van der Waals surface area contributed by atoms with Gasteiger partial charge in [-0.3, -0.25) is 9.98 Å². The highest BCUT2D eigenvalue weighted by Gasteiger charge is 2.40. The minimum Gasteiger partial charge on any atom is -0.506 e. The van der Waals surface area contributed by atoms with Crippen molar-refractivity contribution in [2.45, 2.75) is 24.9 Å². The Labute approximate surface area is 576 Å². The molecule has 0 amide bonds. The number of aromatic hydroxyl groups is 4. The Balaban J connectivity index is 0.000000241. The standard InChI is InChI=1S/C18H26N2O7.C17H22N2O7.C16H22N2O6.C15H18N2O6/c1-18(17(22)23)12-19-16(20-18)13-4-3-5-14(15(13)21)27-11-10-26-9-8-25-7-6-24-2;1-23-6-7-24-8-9-25-10-11-26-13-2-3-15(16(20)12-13)19-5-4-14(18-19)17(21)22;1-16(15(20)21)10-17-14(18-16)11-4-3-5-12(13(11)19)24-9-8-23-7-6-22-2;1-21-6-7-22-8-9-23-11-2-3-13(14(18)10-11)17-5-4-12(16-17)15(19)20/h3-5,21H,6-12H2,1-2H3,(H,19,20)(H,22,23);2-5,12,20H,6-11H2,1H3,(H,21,22);3-5,19H,6-10H2,1-2H3,(H,17,18)(H,20,21);2-5,10,18H,6-9H2,1H3,(H,19,20). The number of nitrogens with one attached hydrogen (secondary N) is 2. The van der Waals surface area contributed by atoms with Crippen molar-refractivity contribution in [1.29, 1.82) is 0 Å². The van der Waals surface area contributed by atoms with Crippen LogP contribution in [0, 0.1) is 0 Å². The summed E-state index contributed by atoms with van der Waals surface area (Å²) in [6, 6.07) is 22.0. The fourth-order valence-corrected chi connectivity index (χ4v) is 8.36. The summed E-state index contributed by atoms with van der Waals surface area (Å²) < 4.78 is 75.8. The van der Waals surface area contributed by atoms with Crippen molar-refractivity contribution in [2.24, 2.45) is 9.98 Å². The van der Waals surface area contributed by atoms with Crippen molar-refractivity contribution in [1.82, 2.24) is 30.2 Å². The Morgan fingerprint density at radius 2 is 0.730 bits per heavy atom. The van der Waals surface area contributed by atoms with E-state index in [1.807, 2.05) is 0 Å². The number of aromatic carboxylic acids is 2. The fraction of sp³-hybridized carbons (Fsp3) is 0.455. The van der Waals surface area contributed by atoms with Crippen LogP contribution in [0.2, 0.25) is 0 Å². The number of carboxylic acids is 4. The number of carboxylic acid groups (broad SMARTS) is 4. The van der Waals surface area contributed by atoms with E-state index in [4.69, 9.17) is 76.5 Å². The highest BCUT2D eigenvalue weighted by Crippen LogP contribution is 2.34. The Kier molecular flexibility index (Phi) is 35.2. The Morgan fingerprint density at radius 3 is 1.01 bits per heavy atom. The van der Waals surface area contributed by atoms with Gasteiger partial charge in [-0.25, -0.2) is 28.5 Å². The first kappa shape index (κ1) is 80.8. The first-order chi connectivity index (χ1) is 48.2. The highest BCUT2D eigenvalue weighted by molar-refractivity contribution is 6.07. The Hall–Kier alpha value is -9.88. The van der Waals surface area contributed by atoms with Gasteiger partial charge >= 0.3 is 23.9 Å². The lowest BCUT2D eigenvalue weighted by atomic mass is 10.0. The van der Waals surface area contributed by atoms with Gasteiger partial charge in [0.1, 0.15) is 72.5 Å². The van der Waals surface area contributed by atoms with Crippen LogP contribution in [0.1, 0.15) is 46.0 Å². The van der Waals surface area contributed by atoms with Crippen molar-refractivity contribution >= 4 is 35.5 Å². The summed E-state index contributed by atoms with van der Waals surface area (Å²) in [7, 11) is 6.42. The molecule has 6 aromatic rings. The van der Waals surface area contributed by atoms with Crippen LogP contribution in [0.3, 0.4) is 0 Å². The average molecular weight is 1410 g/mol. The second-order valence-corrected chi connectivity index (χ2v) is 21.4. The molecule has 4 aromatic carbocycles. The van der Waals surface area contributed by atoms with Crippen molar-refractivity contribution in [2.75, 3.05) is 174 Å². The maximum Gasteiger partial charge on any atom is 0.356 e. The van der Waals surface area contributed by atoms with Gasteiger partial charge in [-0.15, -0.1) is 0 Å². The van der Waals surface area contributed by atoms with Gasteiger partial charge in [-0.1, -0.05) is 12.1 Å². The fourth-order valence-electron chi connectivity index (χ4n) is 8.36. The Bertz CT molecular complexity index is 3550. The van der Waals surface area contributed by atoms with Gasteiger partial charge in [-0.2, -0.15) is 10.2 Å². The maximum atomic E-state index is 11.3. The van der Waals surface area contributed by atoms with Gasteiger partial charge in [0.2, 0.25) is 0 Å². The van der Waals surface area contributed by atoms with E-state index < -0.39 is 35.0 Å². The van der Waals surface area contributed by atoms with E-state index in [1.54, 1.807) is 103 Å². The molecule has 548 valence electrons. The van der Waals surface area contributed by atoms with Crippen molar-refractivity contribution in [3.8, 4) is 57.4 Å². The third kappa shape index (κ3) is 26.8. The number of phenolic OH excluding ortho intramolecular Hbond substituents is 4. The number of hydrogen-bond acceptors (Lipinski definition) is 28. The van der Waals surface area contributed by atoms with Crippen LogP contribution in [0.25, 0.3) is 11.4 Å². The molecule has 0 saturated carbocycles. The molecule has 0 aliphatic carbocycles. The topological polar surface area (TPSA) is 444 Å². The number of aromatic nitrogens is 4. The number of benzene rings is 4. The summed E-state index contributed by atoms with van der Waals surface area (Å²) in [6.07, 6.45) is 2.92. The summed E-state index contributed by atoms with van der Waals surface area (Å²) in [5.74, 6) is -2.41. The molecule has 34 nitrogen and oxygen atoms in total. The number of ether oxygens (including phenoxy) is 14. The second-order valence-electron chi connectivity index (χ2n) is 21.4. The molecule has 0 radical (unpaired) electrons. The lowest BCUT2D eigenvalue weighted by Gasteiger charge is -2.19. The number of para-hydroxylation sites is 2. The van der Waals surface area contributed by atoms with E-state index in [2.05, 4.69) is 30.8 Å². The maximum absolute atomic E-state index is 11.3. The number of carbonyl (C=O) groups is 4. The minimum atomic E-state index is -1.18. The van der Waals surface area contributed by atoms with Crippen LogP contribution < -0.4 is 29.6 Å². The Morgan fingerprint density at radius 1 is 0.420 bits per heavy atom. The molecule has 2 aromatic heterocycles. The molecule has 2 unspecified atom stereocenters. The molecule has 0 saturated heterocycles. The molecule has 2 aliphatic rings. The number of methoxy groups -OCH3 is 4. The molecule has 0 spiro atoms. The van der Waals surface area contributed by atoms with Gasteiger partial charge in [0.15, 0.2) is 45.5 Å². The van der Waals surface area contributed by atoms with Gasteiger partial charge < -0.3 is 118 Å². The van der Waals surface area contributed by atoms with Gasteiger partial charge in [0, 0.05) is 53.0 Å². The molecule has 2 atom stereocenters. The molecule has 100 heavy (non-hydrogen) atoms. The molecule has 10 N–H and O–H groups in total. The van der Waals surface area contributed by atoms with Crippen LogP contribution >= 0.6 is 0 Å². The van der Waals surface area contributed by atoms with Crippen LogP contribution in [0.5, 0.6) is 46.0 Å². The van der Waals surface area contributed by atoms with E-state index in [0.717, 1.165) is 0 Å². The van der Waals surface area contributed by atoms with Crippen molar-refractivity contribution < 1.29 is 126 Å². The zero-order valence-electron chi connectivity index (χ0n) is 56.4. The predicted octanol–water partition coefficient (Wildman–Crippen LogP) is 3.92. The number of aliphatic carboxylic acids is 2. The minimum absolute atomic E-state index is 0.0668. The third-order valence-electron chi connectivity index (χ3n) is 13.8. The molecule has 8 rings (SSSR count). The largest absolute Gasteiger partial charge is 0.506 e. The quantitative estimate of drug-likeness (QED) is 0.0243. The normalized spacial score (nSPS) is 15.1. The molecule has 4 heterocycles.